The van der Waals surface area contributed by atoms with Crippen LogP contribution in [0.25, 0.3) is 0 Å². The minimum atomic E-state index is -1.93. The Labute approximate surface area is 250 Å². The summed E-state index contributed by atoms with van der Waals surface area (Å²) in [5.41, 5.74) is 0.0225. The van der Waals surface area contributed by atoms with E-state index in [-0.39, 0.29) is 5.57 Å². The molecule has 0 aromatic carbocycles. The van der Waals surface area contributed by atoms with Crippen LogP contribution in [0.3, 0.4) is 0 Å². The lowest BCUT2D eigenvalue weighted by Crippen LogP contribution is -2.68. The van der Waals surface area contributed by atoms with E-state index in [0.29, 0.717) is 0 Å². The van der Waals surface area contributed by atoms with E-state index in [1.807, 2.05) is 0 Å². The Morgan fingerprint density at radius 1 is 0.636 bits per heavy atom. The summed E-state index contributed by atoms with van der Waals surface area (Å²) in [7, 11) is 0. The fraction of sp³-hybridized carbons (Fsp3) is 0.920. The lowest BCUT2D eigenvalue weighted by Gasteiger charge is -2.48. The largest absolute Gasteiger partial charge is 0.394 e. The number of ether oxygens (including phenoxy) is 5. The fourth-order valence-corrected chi connectivity index (χ4v) is 5.81. The first-order valence-corrected chi connectivity index (χ1v) is 14.1. The maximum Gasteiger partial charge on any atom is 0.187 e. The summed E-state index contributed by atoms with van der Waals surface area (Å²) in [6.45, 7) is -0.753. The molecule has 3 aliphatic heterocycles. The second-order valence-corrected chi connectivity index (χ2v) is 11.4. The molecule has 3 heterocycles. The van der Waals surface area contributed by atoms with E-state index in [1.165, 1.54) is 13.0 Å². The van der Waals surface area contributed by atoms with Gasteiger partial charge in [0.05, 0.1) is 38.0 Å². The van der Waals surface area contributed by atoms with Gasteiger partial charge in [0, 0.05) is 0 Å². The Kier molecular flexibility index (Phi) is 12.1. The zero-order valence-corrected chi connectivity index (χ0v) is 23.5. The van der Waals surface area contributed by atoms with Crippen LogP contribution in [-0.4, -0.2) is 203 Å². The summed E-state index contributed by atoms with van der Waals surface area (Å²) in [5.74, 6) is 0. The quantitative estimate of drug-likeness (QED) is 0.103. The highest BCUT2D eigenvalue weighted by Crippen LogP contribution is 2.32. The molecule has 0 amide bonds. The van der Waals surface area contributed by atoms with Gasteiger partial charge in [0.1, 0.15) is 79.4 Å². The molecule has 0 aromatic heterocycles. The summed E-state index contributed by atoms with van der Waals surface area (Å²) >= 11 is 0. The van der Waals surface area contributed by atoms with Gasteiger partial charge < -0.3 is 95.4 Å². The van der Waals surface area contributed by atoms with Crippen LogP contribution in [0, 0.1) is 0 Å². The van der Waals surface area contributed by atoms with Crippen molar-refractivity contribution in [3.05, 3.63) is 11.6 Å². The van der Waals surface area contributed by atoms with E-state index >= 15 is 0 Å². The number of aliphatic hydroxyl groups excluding tert-OH is 13. The summed E-state index contributed by atoms with van der Waals surface area (Å²) in [6, 6.07) is -2.17. The third-order valence-corrected chi connectivity index (χ3v) is 8.48. The molecule has 0 radical (unpaired) electrons. The van der Waals surface area contributed by atoms with Gasteiger partial charge in [-0.05, 0) is 12.5 Å². The van der Waals surface area contributed by atoms with Crippen LogP contribution in [0.1, 0.15) is 6.92 Å². The first-order valence-electron chi connectivity index (χ1n) is 14.1. The molecule has 19 atom stereocenters. The van der Waals surface area contributed by atoms with Crippen molar-refractivity contribution < 1.29 is 90.1 Å². The zero-order valence-electron chi connectivity index (χ0n) is 23.5. The molecule has 4 aliphatic rings. The Balaban J connectivity index is 1.42. The van der Waals surface area contributed by atoms with Gasteiger partial charge in [-0.2, -0.15) is 0 Å². The molecule has 0 aromatic rings. The van der Waals surface area contributed by atoms with Crippen LogP contribution >= 0.6 is 0 Å². The Bertz CT molecular complexity index is 958. The highest BCUT2D eigenvalue weighted by atomic mass is 16.7. The number of hydrogen-bond acceptors (Lipinski definition) is 19. The van der Waals surface area contributed by atoms with Gasteiger partial charge in [-0.25, -0.2) is 0 Å². The first-order chi connectivity index (χ1) is 20.7. The second-order valence-electron chi connectivity index (χ2n) is 11.4. The van der Waals surface area contributed by atoms with E-state index < -0.39 is 136 Å². The molecule has 1 aliphatic carbocycles. The fourth-order valence-electron chi connectivity index (χ4n) is 5.81. The van der Waals surface area contributed by atoms with E-state index in [2.05, 4.69) is 5.32 Å². The van der Waals surface area contributed by atoms with Gasteiger partial charge in [0.2, 0.25) is 0 Å². The zero-order chi connectivity index (χ0) is 32.6. The molecule has 4 rings (SSSR count). The predicted molar refractivity (Wildman–Crippen MR) is 138 cm³/mol. The minimum absolute atomic E-state index is 0.0225. The Morgan fingerprint density at radius 2 is 1.16 bits per heavy atom. The van der Waals surface area contributed by atoms with Crippen molar-refractivity contribution in [2.45, 2.75) is 123 Å². The standard InChI is InChI=1S/C25H43NO18/c1-6-11(26-8-2-7(3-27)12(30)15(33)13(8)31)14(32)19(37)24(40-6)43-22-10(5-29)42-25(20(38)17(22)35)44-21-9(4-28)41-23(39)18(36)16(21)34/h2,6,8-39H,3-5H2,1H3/t6-,8+,9-,10-,11-,12-,13+,14+,15+,16-,17-,18-,19-,20-,21+,22-,23-,24-,25-/m1/s1. The van der Waals surface area contributed by atoms with Crippen LogP contribution < -0.4 is 5.32 Å². The molecule has 3 saturated heterocycles. The molecule has 3 fully saturated rings. The maximum absolute atomic E-state index is 10.9. The number of nitrogens with one attached hydrogen (secondary N) is 1. The molecular formula is C25H43NO18. The maximum atomic E-state index is 10.9. The molecule has 0 saturated carbocycles. The average Bonchev–Trinajstić information content (AvgIpc) is 3.00. The van der Waals surface area contributed by atoms with Gasteiger partial charge in [0.25, 0.3) is 0 Å². The average molecular weight is 646 g/mol. The molecule has 0 bridgehead atoms. The van der Waals surface area contributed by atoms with Crippen molar-refractivity contribution in [1.29, 1.82) is 0 Å². The summed E-state index contributed by atoms with van der Waals surface area (Å²) in [6.07, 6.45) is -26.6. The second kappa shape index (κ2) is 14.8. The van der Waals surface area contributed by atoms with Crippen molar-refractivity contribution >= 4 is 0 Å². The topological polar surface area (TPSA) is 321 Å². The van der Waals surface area contributed by atoms with Gasteiger partial charge >= 0.3 is 0 Å². The van der Waals surface area contributed by atoms with Gasteiger partial charge in [-0.3, -0.25) is 0 Å². The van der Waals surface area contributed by atoms with Crippen molar-refractivity contribution in [2.24, 2.45) is 0 Å². The molecular weight excluding hydrogens is 602 g/mol. The van der Waals surface area contributed by atoms with Gasteiger partial charge in [-0.15, -0.1) is 0 Å². The molecule has 14 N–H and O–H groups in total. The molecule has 256 valence electrons. The predicted octanol–water partition coefficient (Wildman–Crippen LogP) is -8.56. The minimum Gasteiger partial charge on any atom is -0.394 e. The molecule has 19 nitrogen and oxygen atoms in total. The van der Waals surface area contributed by atoms with E-state index in [4.69, 9.17) is 23.7 Å². The van der Waals surface area contributed by atoms with E-state index in [0.717, 1.165) is 0 Å². The van der Waals surface area contributed by atoms with Crippen molar-refractivity contribution in [1.82, 2.24) is 5.32 Å². The van der Waals surface area contributed by atoms with Gasteiger partial charge in [0.15, 0.2) is 18.9 Å². The van der Waals surface area contributed by atoms with Crippen LogP contribution in [0.2, 0.25) is 0 Å². The Hall–Kier alpha value is -1.02. The van der Waals surface area contributed by atoms with E-state index in [9.17, 15) is 66.4 Å². The van der Waals surface area contributed by atoms with E-state index in [1.54, 1.807) is 0 Å². The summed E-state index contributed by atoms with van der Waals surface area (Å²) in [4.78, 5) is 0. The molecule has 0 spiro atoms. The highest BCUT2D eigenvalue weighted by molar-refractivity contribution is 5.22. The van der Waals surface area contributed by atoms with Gasteiger partial charge in [-0.1, -0.05) is 6.08 Å². The summed E-state index contributed by atoms with van der Waals surface area (Å²) in [5, 5.41) is 136. The number of rotatable bonds is 9. The normalized spacial score (nSPS) is 52.0. The van der Waals surface area contributed by atoms with Crippen LogP contribution in [0.5, 0.6) is 0 Å². The SMILES string of the molecule is C[C@H]1O[C@H](O[C@H]2[C@H](O)[C@@H](O)[C@@H](O[C@@H]3[C@H](O)[C@@H](O)[C@H](O)O[C@@H]3CO)O[C@@H]2CO)[C@H](O)[C@@H](O)[C@@H]1N[C@H]1C=C(CO)[C@@H](O)[C@H](O)[C@H]1O. The smallest absolute Gasteiger partial charge is 0.187 e. The number of aliphatic hydroxyl groups is 13. The molecule has 19 heteroatoms. The third kappa shape index (κ3) is 6.96. The number of hydrogen-bond donors (Lipinski definition) is 14. The third-order valence-electron chi connectivity index (χ3n) is 8.48. The lowest BCUT2D eigenvalue weighted by molar-refractivity contribution is -0.373. The first kappa shape index (κ1) is 35.8. The highest BCUT2D eigenvalue weighted by Gasteiger charge is 2.53. The molecule has 44 heavy (non-hydrogen) atoms. The van der Waals surface area contributed by atoms with Crippen LogP contribution in [-0.2, 0) is 23.7 Å². The lowest BCUT2D eigenvalue weighted by atomic mass is 9.86. The molecule has 0 unspecified atom stereocenters. The van der Waals surface area contributed by atoms with Crippen LogP contribution in [0.4, 0.5) is 0 Å². The van der Waals surface area contributed by atoms with Crippen molar-refractivity contribution in [2.75, 3.05) is 19.8 Å². The van der Waals surface area contributed by atoms with Crippen LogP contribution in [0.15, 0.2) is 11.6 Å². The van der Waals surface area contributed by atoms with Crippen molar-refractivity contribution in [3.8, 4) is 0 Å². The van der Waals surface area contributed by atoms with Crippen molar-refractivity contribution in [3.63, 3.8) is 0 Å². The monoisotopic (exact) mass is 645 g/mol. The summed E-state index contributed by atoms with van der Waals surface area (Å²) < 4.78 is 27.4. The Morgan fingerprint density at radius 3 is 1.73 bits per heavy atom.